The van der Waals surface area contributed by atoms with Gasteiger partial charge < -0.3 is 0 Å². The number of rotatable bonds is 10. The molecule has 0 aliphatic heterocycles. The summed E-state index contributed by atoms with van der Waals surface area (Å²) < 4.78 is 0. The molecule has 0 aromatic carbocycles. The van der Waals surface area contributed by atoms with Gasteiger partial charge in [0.15, 0.2) is 0 Å². The van der Waals surface area contributed by atoms with E-state index in [2.05, 4.69) is 36.2 Å². The minimum Gasteiger partial charge on any atom is -0.241 e. The summed E-state index contributed by atoms with van der Waals surface area (Å²) >= 11 is 0. The van der Waals surface area contributed by atoms with E-state index >= 15 is 0 Å². The first kappa shape index (κ1) is 18.4. The first-order valence-electron chi connectivity index (χ1n) is 10.1. The van der Waals surface area contributed by atoms with Gasteiger partial charge in [-0.1, -0.05) is 58.8 Å². The molecule has 0 saturated heterocycles. The summed E-state index contributed by atoms with van der Waals surface area (Å²) in [4.78, 5) is 9.15. The number of hydrogen-bond acceptors (Lipinski definition) is 2. The largest absolute Gasteiger partial charge is 0.241 e. The standard InChI is InChI=1S/C21H36N2/c1-3-5-7-8-9-10-18-12-14-19(15-13-18)20-16-22-21(23-17-20)11-6-4-2/h16-19H,3-15H2,1-2H3/t18-,19-. The maximum Gasteiger partial charge on any atom is 0.128 e. The average Bonchev–Trinajstić information content (AvgIpc) is 2.61. The molecule has 1 aliphatic rings. The Morgan fingerprint density at radius 3 is 2.13 bits per heavy atom. The molecule has 1 aliphatic carbocycles. The molecule has 0 radical (unpaired) electrons. The molecule has 0 atom stereocenters. The number of aromatic nitrogens is 2. The van der Waals surface area contributed by atoms with Crippen molar-refractivity contribution in [2.24, 2.45) is 5.92 Å². The molecule has 0 amide bonds. The van der Waals surface area contributed by atoms with Crippen molar-refractivity contribution in [1.29, 1.82) is 0 Å². The van der Waals surface area contributed by atoms with Crippen LogP contribution in [0, 0.1) is 5.92 Å². The normalized spacial score (nSPS) is 21.5. The van der Waals surface area contributed by atoms with Gasteiger partial charge in [-0.15, -0.1) is 0 Å². The highest BCUT2D eigenvalue weighted by atomic mass is 14.9. The molecular formula is C21H36N2. The number of unbranched alkanes of at least 4 members (excludes halogenated alkanes) is 5. The summed E-state index contributed by atoms with van der Waals surface area (Å²) in [7, 11) is 0. The van der Waals surface area contributed by atoms with Gasteiger partial charge in [-0.25, -0.2) is 9.97 Å². The Kier molecular flexibility index (Phi) is 8.63. The summed E-state index contributed by atoms with van der Waals surface area (Å²) in [6.07, 6.45) is 21.7. The molecule has 0 N–H and O–H groups in total. The van der Waals surface area contributed by atoms with Crippen molar-refractivity contribution in [3.8, 4) is 0 Å². The van der Waals surface area contributed by atoms with E-state index in [1.807, 2.05) is 0 Å². The molecule has 2 rings (SSSR count). The van der Waals surface area contributed by atoms with Crippen LogP contribution in [0.25, 0.3) is 0 Å². The molecule has 0 spiro atoms. The van der Waals surface area contributed by atoms with Gasteiger partial charge in [0.2, 0.25) is 0 Å². The monoisotopic (exact) mass is 316 g/mol. The third-order valence-electron chi connectivity index (χ3n) is 5.51. The lowest BCUT2D eigenvalue weighted by Crippen LogP contribution is -2.14. The number of hydrogen-bond donors (Lipinski definition) is 0. The minimum atomic E-state index is 0.714. The SMILES string of the molecule is CCCCCCC[C@H]1CC[C@H](c2cnc(CCCC)nc2)CC1. The first-order valence-corrected chi connectivity index (χ1v) is 10.1. The molecule has 0 unspecified atom stereocenters. The fourth-order valence-electron chi connectivity index (χ4n) is 3.86. The van der Waals surface area contributed by atoms with Gasteiger partial charge in [-0.2, -0.15) is 0 Å². The van der Waals surface area contributed by atoms with Crippen LogP contribution in [0.2, 0.25) is 0 Å². The zero-order chi connectivity index (χ0) is 16.3. The summed E-state index contributed by atoms with van der Waals surface area (Å²) in [5.74, 6) is 2.72. The van der Waals surface area contributed by atoms with Crippen LogP contribution in [-0.4, -0.2) is 9.97 Å². The Hall–Kier alpha value is -0.920. The quantitative estimate of drug-likeness (QED) is 0.463. The van der Waals surface area contributed by atoms with Gasteiger partial charge in [0.05, 0.1) is 0 Å². The third-order valence-corrected chi connectivity index (χ3v) is 5.51. The maximum atomic E-state index is 4.58. The predicted molar refractivity (Wildman–Crippen MR) is 98.7 cm³/mol. The maximum absolute atomic E-state index is 4.58. The van der Waals surface area contributed by atoms with Gasteiger partial charge in [0, 0.05) is 18.8 Å². The minimum absolute atomic E-state index is 0.714. The molecule has 23 heavy (non-hydrogen) atoms. The van der Waals surface area contributed by atoms with Gasteiger partial charge >= 0.3 is 0 Å². The molecular weight excluding hydrogens is 280 g/mol. The van der Waals surface area contributed by atoms with Crippen molar-refractivity contribution in [3.63, 3.8) is 0 Å². The van der Waals surface area contributed by atoms with E-state index in [1.165, 1.54) is 82.6 Å². The van der Waals surface area contributed by atoms with E-state index in [-0.39, 0.29) is 0 Å². The summed E-state index contributed by atoms with van der Waals surface area (Å²) in [5, 5.41) is 0. The number of aryl methyl sites for hydroxylation is 1. The van der Waals surface area contributed by atoms with Crippen LogP contribution in [0.4, 0.5) is 0 Å². The van der Waals surface area contributed by atoms with E-state index in [0.29, 0.717) is 5.92 Å². The highest BCUT2D eigenvalue weighted by molar-refractivity contribution is 5.12. The third kappa shape index (κ3) is 6.61. The second kappa shape index (κ2) is 10.8. The highest BCUT2D eigenvalue weighted by Crippen LogP contribution is 2.37. The van der Waals surface area contributed by atoms with E-state index in [0.717, 1.165) is 18.2 Å². The lowest BCUT2D eigenvalue weighted by molar-refractivity contribution is 0.301. The zero-order valence-corrected chi connectivity index (χ0v) is 15.4. The number of nitrogens with zero attached hydrogens (tertiary/aromatic N) is 2. The second-order valence-electron chi connectivity index (χ2n) is 7.46. The molecule has 1 aromatic heterocycles. The Labute approximate surface area is 143 Å². The smallest absolute Gasteiger partial charge is 0.128 e. The van der Waals surface area contributed by atoms with Crippen LogP contribution < -0.4 is 0 Å². The predicted octanol–water partition coefficient (Wildman–Crippen LogP) is 6.45. The Balaban J connectivity index is 1.67. The fraction of sp³-hybridized carbons (Fsp3) is 0.810. The molecule has 2 heteroatoms. The summed E-state index contributed by atoms with van der Waals surface area (Å²) in [6, 6.07) is 0. The molecule has 1 aromatic rings. The van der Waals surface area contributed by atoms with E-state index < -0.39 is 0 Å². The van der Waals surface area contributed by atoms with Crippen molar-refractivity contribution in [1.82, 2.24) is 9.97 Å². The van der Waals surface area contributed by atoms with Crippen LogP contribution in [-0.2, 0) is 6.42 Å². The van der Waals surface area contributed by atoms with Crippen molar-refractivity contribution >= 4 is 0 Å². The van der Waals surface area contributed by atoms with Crippen LogP contribution in [0.3, 0.4) is 0 Å². The molecule has 1 saturated carbocycles. The lowest BCUT2D eigenvalue weighted by Gasteiger charge is -2.28. The van der Waals surface area contributed by atoms with Crippen LogP contribution in [0.5, 0.6) is 0 Å². The van der Waals surface area contributed by atoms with Crippen molar-refractivity contribution in [2.75, 3.05) is 0 Å². The molecule has 1 heterocycles. The Morgan fingerprint density at radius 2 is 1.48 bits per heavy atom. The van der Waals surface area contributed by atoms with Gasteiger partial charge in [-0.05, 0) is 49.5 Å². The lowest BCUT2D eigenvalue weighted by atomic mass is 9.77. The zero-order valence-electron chi connectivity index (χ0n) is 15.4. The van der Waals surface area contributed by atoms with Crippen molar-refractivity contribution in [3.05, 3.63) is 23.8 Å². The summed E-state index contributed by atoms with van der Waals surface area (Å²) in [6.45, 7) is 4.51. The van der Waals surface area contributed by atoms with Crippen molar-refractivity contribution < 1.29 is 0 Å². The highest BCUT2D eigenvalue weighted by Gasteiger charge is 2.22. The van der Waals surface area contributed by atoms with Crippen LogP contribution in [0.1, 0.15) is 108 Å². The Bertz CT molecular complexity index is 404. The van der Waals surface area contributed by atoms with E-state index in [9.17, 15) is 0 Å². The van der Waals surface area contributed by atoms with Crippen LogP contribution in [0.15, 0.2) is 12.4 Å². The fourth-order valence-corrected chi connectivity index (χ4v) is 3.86. The molecule has 130 valence electrons. The van der Waals surface area contributed by atoms with Gasteiger partial charge in [0.1, 0.15) is 5.82 Å². The van der Waals surface area contributed by atoms with Gasteiger partial charge in [-0.3, -0.25) is 0 Å². The van der Waals surface area contributed by atoms with Crippen molar-refractivity contribution in [2.45, 2.75) is 103 Å². The molecule has 1 fully saturated rings. The first-order chi connectivity index (χ1) is 11.3. The Morgan fingerprint density at radius 1 is 0.826 bits per heavy atom. The average molecular weight is 317 g/mol. The van der Waals surface area contributed by atoms with E-state index in [1.54, 1.807) is 0 Å². The van der Waals surface area contributed by atoms with Crippen LogP contribution >= 0.6 is 0 Å². The van der Waals surface area contributed by atoms with Gasteiger partial charge in [0.25, 0.3) is 0 Å². The topological polar surface area (TPSA) is 25.8 Å². The van der Waals surface area contributed by atoms with E-state index in [4.69, 9.17) is 0 Å². The molecule has 0 bridgehead atoms. The molecule has 2 nitrogen and oxygen atoms in total. The second-order valence-corrected chi connectivity index (χ2v) is 7.46. The summed E-state index contributed by atoms with van der Waals surface area (Å²) in [5.41, 5.74) is 1.38.